The summed E-state index contributed by atoms with van der Waals surface area (Å²) in [5, 5.41) is 0.274. The van der Waals surface area contributed by atoms with Crippen molar-refractivity contribution in [3.05, 3.63) is 17.6 Å². The topological polar surface area (TPSA) is 69.6 Å². The number of fused-ring (bicyclic) bond motifs is 1. The van der Waals surface area contributed by atoms with Gasteiger partial charge in [0.1, 0.15) is 11.8 Å². The van der Waals surface area contributed by atoms with Gasteiger partial charge in [-0.3, -0.25) is 4.57 Å². The molecule has 6 heteroatoms. The fraction of sp³-hybridized carbons (Fsp3) is 0.125. The summed E-state index contributed by atoms with van der Waals surface area (Å²) >= 11 is 5.84. The number of hydrogen-bond acceptors (Lipinski definition) is 4. The van der Waals surface area contributed by atoms with Crippen LogP contribution in [0.15, 0.2) is 12.4 Å². The Bertz CT molecular complexity index is 502. The highest BCUT2D eigenvalue weighted by molar-refractivity contribution is 6.33. The van der Waals surface area contributed by atoms with Gasteiger partial charge in [-0.15, -0.1) is 0 Å². The molecule has 0 aliphatic carbocycles. The van der Waals surface area contributed by atoms with E-state index in [9.17, 15) is 0 Å². The number of aromatic nitrogens is 4. The van der Waals surface area contributed by atoms with Crippen LogP contribution in [0.25, 0.3) is 17.4 Å². The van der Waals surface area contributed by atoms with E-state index in [2.05, 4.69) is 15.0 Å². The molecule has 0 aliphatic rings. The van der Waals surface area contributed by atoms with Crippen LogP contribution in [0.2, 0.25) is 5.15 Å². The van der Waals surface area contributed by atoms with E-state index in [-0.39, 0.29) is 11.1 Å². The molecule has 0 spiro atoms. The zero-order chi connectivity index (χ0) is 10.1. The SMILES string of the molecule is C/C=C/n1cnc2c(Cl)nc(N)nc21. The van der Waals surface area contributed by atoms with Crippen molar-refractivity contribution in [1.29, 1.82) is 0 Å². The second kappa shape index (κ2) is 3.26. The standard InChI is InChI=1S/C8H8ClN5/c1-2-3-14-4-11-5-6(9)12-8(10)13-7(5)14/h2-4H,1H3,(H2,10,12,13)/b3-2+. The minimum atomic E-state index is 0.147. The number of hydrogen-bond donors (Lipinski definition) is 1. The zero-order valence-corrected chi connectivity index (χ0v) is 8.23. The maximum absolute atomic E-state index is 5.84. The largest absolute Gasteiger partial charge is 0.368 e. The van der Waals surface area contributed by atoms with Gasteiger partial charge in [-0.05, 0) is 6.92 Å². The molecule has 0 saturated heterocycles. The van der Waals surface area contributed by atoms with Gasteiger partial charge in [0.05, 0.1) is 0 Å². The number of nitrogens with two attached hydrogens (primary N) is 1. The second-order valence-corrected chi connectivity index (χ2v) is 3.04. The minimum absolute atomic E-state index is 0.147. The number of imidazole rings is 1. The lowest BCUT2D eigenvalue weighted by molar-refractivity contribution is 1.13. The number of halogens is 1. The van der Waals surface area contributed by atoms with E-state index in [1.165, 1.54) is 0 Å². The molecule has 0 aliphatic heterocycles. The molecule has 0 fully saturated rings. The fourth-order valence-corrected chi connectivity index (χ4v) is 1.39. The molecule has 0 unspecified atom stereocenters. The van der Waals surface area contributed by atoms with Crippen molar-refractivity contribution < 1.29 is 0 Å². The van der Waals surface area contributed by atoms with Crippen molar-refractivity contribution in [2.45, 2.75) is 6.92 Å². The smallest absolute Gasteiger partial charge is 0.223 e. The van der Waals surface area contributed by atoms with E-state index < -0.39 is 0 Å². The molecule has 2 heterocycles. The quantitative estimate of drug-likeness (QED) is 0.724. The van der Waals surface area contributed by atoms with Gasteiger partial charge < -0.3 is 5.73 Å². The first kappa shape index (κ1) is 8.96. The van der Waals surface area contributed by atoms with Gasteiger partial charge in [0.15, 0.2) is 10.8 Å². The summed E-state index contributed by atoms with van der Waals surface area (Å²) in [6.45, 7) is 1.90. The lowest BCUT2D eigenvalue weighted by atomic mass is 10.5. The van der Waals surface area contributed by atoms with Gasteiger partial charge >= 0.3 is 0 Å². The van der Waals surface area contributed by atoms with Crippen molar-refractivity contribution in [3.8, 4) is 0 Å². The van der Waals surface area contributed by atoms with Gasteiger partial charge in [-0.2, -0.15) is 9.97 Å². The Hall–Kier alpha value is -1.62. The summed E-state index contributed by atoms with van der Waals surface area (Å²) in [6.07, 6.45) is 5.30. The first-order valence-electron chi connectivity index (χ1n) is 4.00. The normalized spacial score (nSPS) is 11.6. The number of anilines is 1. The molecule has 0 aromatic carbocycles. The van der Waals surface area contributed by atoms with Gasteiger partial charge in [0, 0.05) is 6.20 Å². The third-order valence-corrected chi connectivity index (χ3v) is 1.97. The van der Waals surface area contributed by atoms with Crippen molar-refractivity contribution in [2.24, 2.45) is 0 Å². The first-order chi connectivity index (χ1) is 6.72. The molecule has 0 amide bonds. The number of nitrogen functional groups attached to an aromatic ring is 1. The van der Waals surface area contributed by atoms with E-state index in [0.717, 1.165) is 0 Å². The molecule has 0 bridgehead atoms. The predicted molar refractivity (Wildman–Crippen MR) is 55.7 cm³/mol. The molecule has 2 aromatic rings. The number of nitrogens with zero attached hydrogens (tertiary/aromatic N) is 4. The fourth-order valence-electron chi connectivity index (χ4n) is 1.17. The molecule has 0 atom stereocenters. The van der Waals surface area contributed by atoms with Gasteiger partial charge in [0.2, 0.25) is 5.95 Å². The molecule has 2 aromatic heterocycles. The minimum Gasteiger partial charge on any atom is -0.368 e. The van der Waals surface area contributed by atoms with Gasteiger partial charge in [-0.25, -0.2) is 4.98 Å². The Morgan fingerprint density at radius 1 is 1.50 bits per heavy atom. The van der Waals surface area contributed by atoms with Crippen LogP contribution >= 0.6 is 11.6 Å². The Balaban J connectivity index is 2.78. The summed E-state index contributed by atoms with van der Waals surface area (Å²) in [6, 6.07) is 0. The Labute approximate surface area is 85.2 Å². The lowest BCUT2D eigenvalue weighted by Crippen LogP contribution is -1.97. The molecular weight excluding hydrogens is 202 g/mol. The van der Waals surface area contributed by atoms with E-state index in [4.69, 9.17) is 17.3 Å². The highest BCUT2D eigenvalue weighted by atomic mass is 35.5. The molecule has 72 valence electrons. The van der Waals surface area contributed by atoms with Crippen molar-refractivity contribution in [3.63, 3.8) is 0 Å². The third kappa shape index (κ3) is 1.31. The molecule has 2 rings (SSSR count). The van der Waals surface area contributed by atoms with Crippen molar-refractivity contribution >= 4 is 34.9 Å². The third-order valence-electron chi connectivity index (χ3n) is 1.71. The second-order valence-electron chi connectivity index (χ2n) is 2.68. The predicted octanol–water partition coefficient (Wildman–Crippen LogP) is 1.55. The van der Waals surface area contributed by atoms with Crippen LogP contribution in [0.5, 0.6) is 0 Å². The Morgan fingerprint density at radius 2 is 2.29 bits per heavy atom. The summed E-state index contributed by atoms with van der Waals surface area (Å²) in [5.41, 5.74) is 6.64. The summed E-state index contributed by atoms with van der Waals surface area (Å²) < 4.78 is 1.74. The van der Waals surface area contributed by atoms with E-state index in [1.54, 1.807) is 10.9 Å². The van der Waals surface area contributed by atoms with Crippen LogP contribution in [0.3, 0.4) is 0 Å². The average Bonchev–Trinajstić information content (AvgIpc) is 2.49. The van der Waals surface area contributed by atoms with Crippen LogP contribution in [0.4, 0.5) is 5.95 Å². The molecule has 5 nitrogen and oxygen atoms in total. The Morgan fingerprint density at radius 3 is 3.00 bits per heavy atom. The van der Waals surface area contributed by atoms with Crippen LogP contribution in [0, 0.1) is 0 Å². The lowest BCUT2D eigenvalue weighted by Gasteiger charge is -1.96. The Kier molecular flexibility index (Phi) is 2.09. The highest BCUT2D eigenvalue weighted by Gasteiger charge is 2.08. The monoisotopic (exact) mass is 209 g/mol. The maximum Gasteiger partial charge on any atom is 0.223 e. The first-order valence-corrected chi connectivity index (χ1v) is 4.38. The van der Waals surface area contributed by atoms with Crippen molar-refractivity contribution in [1.82, 2.24) is 19.5 Å². The van der Waals surface area contributed by atoms with Crippen LogP contribution < -0.4 is 5.73 Å². The van der Waals surface area contributed by atoms with Crippen molar-refractivity contribution in [2.75, 3.05) is 5.73 Å². The van der Waals surface area contributed by atoms with E-state index in [0.29, 0.717) is 11.2 Å². The van der Waals surface area contributed by atoms with Gasteiger partial charge in [-0.1, -0.05) is 17.7 Å². The van der Waals surface area contributed by atoms with E-state index in [1.807, 2.05) is 19.2 Å². The van der Waals surface area contributed by atoms with Gasteiger partial charge in [0.25, 0.3) is 0 Å². The highest BCUT2D eigenvalue weighted by Crippen LogP contribution is 2.19. The zero-order valence-electron chi connectivity index (χ0n) is 7.48. The van der Waals surface area contributed by atoms with Crippen LogP contribution in [0.1, 0.15) is 6.92 Å². The van der Waals surface area contributed by atoms with Crippen LogP contribution in [-0.4, -0.2) is 19.5 Å². The molecule has 14 heavy (non-hydrogen) atoms. The molecule has 0 radical (unpaired) electrons. The summed E-state index contributed by atoms with van der Waals surface area (Å²) in [5.74, 6) is 0.147. The van der Waals surface area contributed by atoms with Crippen LogP contribution in [-0.2, 0) is 0 Å². The van der Waals surface area contributed by atoms with E-state index >= 15 is 0 Å². The summed E-state index contributed by atoms with van der Waals surface area (Å²) in [7, 11) is 0. The molecular formula is C8H8ClN5. The number of rotatable bonds is 1. The maximum atomic E-state index is 5.84. The average molecular weight is 210 g/mol. The molecule has 0 saturated carbocycles. The molecule has 2 N–H and O–H groups in total. The number of allylic oxidation sites excluding steroid dienone is 1. The summed E-state index contributed by atoms with van der Waals surface area (Å²) in [4.78, 5) is 11.9.